The van der Waals surface area contributed by atoms with E-state index in [0.717, 1.165) is 6.42 Å². The summed E-state index contributed by atoms with van der Waals surface area (Å²) in [6.07, 6.45) is 2.36. The van der Waals surface area contributed by atoms with E-state index in [0.29, 0.717) is 12.1 Å². The van der Waals surface area contributed by atoms with Gasteiger partial charge in [0, 0.05) is 23.8 Å². The quantitative estimate of drug-likeness (QED) is 0.613. The fourth-order valence-corrected chi connectivity index (χ4v) is 4.42. The summed E-state index contributed by atoms with van der Waals surface area (Å²) >= 11 is 6.38. The van der Waals surface area contributed by atoms with Gasteiger partial charge < -0.3 is 25.3 Å². The highest BCUT2D eigenvalue weighted by atomic mass is 35.5. The number of nitrogens with two attached hydrogens (primary N) is 1. The van der Waals surface area contributed by atoms with E-state index >= 15 is 0 Å². The zero-order chi connectivity index (χ0) is 23.1. The van der Waals surface area contributed by atoms with Gasteiger partial charge in [-0.25, -0.2) is 0 Å². The molecule has 0 bridgehead atoms. The summed E-state index contributed by atoms with van der Waals surface area (Å²) < 4.78 is 16.6. The van der Waals surface area contributed by atoms with Crippen LogP contribution in [0.25, 0.3) is 0 Å². The van der Waals surface area contributed by atoms with Crippen LogP contribution in [0.5, 0.6) is 17.2 Å². The summed E-state index contributed by atoms with van der Waals surface area (Å²) in [6.45, 7) is 5.60. The maximum Gasteiger partial charge on any atom is 0.240 e. The summed E-state index contributed by atoms with van der Waals surface area (Å²) in [5.74, 6) is -1.54. The van der Waals surface area contributed by atoms with Crippen molar-refractivity contribution in [1.29, 1.82) is 0 Å². The van der Waals surface area contributed by atoms with E-state index in [-0.39, 0.29) is 33.8 Å². The first-order valence-electron chi connectivity index (χ1n) is 10.1. The smallest absolute Gasteiger partial charge is 0.240 e. The fourth-order valence-electron chi connectivity index (χ4n) is 4.16. The lowest BCUT2D eigenvalue weighted by Crippen LogP contribution is -2.56. The molecule has 0 fully saturated rings. The zero-order valence-electron chi connectivity index (χ0n) is 18.2. The van der Waals surface area contributed by atoms with Gasteiger partial charge in [0.05, 0.1) is 14.2 Å². The van der Waals surface area contributed by atoms with Crippen molar-refractivity contribution in [3.8, 4) is 17.2 Å². The van der Waals surface area contributed by atoms with E-state index in [9.17, 15) is 14.4 Å². The number of benzene rings is 1. The van der Waals surface area contributed by atoms with Crippen molar-refractivity contribution in [2.24, 2.45) is 17.6 Å². The van der Waals surface area contributed by atoms with Crippen molar-refractivity contribution in [2.45, 2.75) is 45.3 Å². The number of amides is 1. The van der Waals surface area contributed by atoms with Crippen LogP contribution in [0.1, 0.15) is 44.0 Å². The van der Waals surface area contributed by atoms with E-state index in [2.05, 4.69) is 5.32 Å². The van der Waals surface area contributed by atoms with Gasteiger partial charge in [0.25, 0.3) is 0 Å². The van der Waals surface area contributed by atoms with E-state index in [1.54, 1.807) is 6.92 Å². The molecule has 168 valence electrons. The highest BCUT2D eigenvalue weighted by Crippen LogP contribution is 2.52. The summed E-state index contributed by atoms with van der Waals surface area (Å²) in [5.41, 5.74) is 4.44. The van der Waals surface area contributed by atoms with E-state index in [1.807, 2.05) is 13.8 Å². The molecule has 4 atom stereocenters. The van der Waals surface area contributed by atoms with Crippen molar-refractivity contribution in [3.63, 3.8) is 0 Å². The van der Waals surface area contributed by atoms with E-state index in [4.69, 9.17) is 31.5 Å². The summed E-state index contributed by atoms with van der Waals surface area (Å²) in [6, 6.07) is 0.868. The molecule has 8 nitrogen and oxygen atoms in total. The Kier molecular flexibility index (Phi) is 6.23. The number of methoxy groups -OCH3 is 2. The van der Waals surface area contributed by atoms with E-state index < -0.39 is 35.0 Å². The number of primary amides is 1. The SMILES string of the molecule is CC[C@H](C)[C@H](NC1=CC(=O)[C@@]2(Oc3c(Cl)c(OC)cc(OC)c3C2=O)[C@H](C)C1)C(N)=O. The third-order valence-corrected chi connectivity index (χ3v) is 6.53. The molecule has 1 spiro atoms. The van der Waals surface area contributed by atoms with Crippen LogP contribution in [0, 0.1) is 11.8 Å². The Hall–Kier alpha value is -2.74. The van der Waals surface area contributed by atoms with Crippen molar-refractivity contribution in [2.75, 3.05) is 14.2 Å². The van der Waals surface area contributed by atoms with Gasteiger partial charge >= 0.3 is 0 Å². The maximum absolute atomic E-state index is 13.5. The minimum absolute atomic E-state index is 0.0242. The van der Waals surface area contributed by atoms with Crippen LogP contribution in [0.15, 0.2) is 17.8 Å². The van der Waals surface area contributed by atoms with Gasteiger partial charge in [-0.05, 0) is 12.3 Å². The Balaban J connectivity index is 2.01. The highest BCUT2D eigenvalue weighted by molar-refractivity contribution is 6.36. The number of hydrogen-bond acceptors (Lipinski definition) is 7. The van der Waals surface area contributed by atoms with Gasteiger partial charge in [-0.15, -0.1) is 0 Å². The molecule has 0 radical (unpaired) electrons. The number of ether oxygens (including phenoxy) is 3. The second kappa shape index (κ2) is 8.42. The number of Topliss-reactive ketones (excluding diaryl/α,β-unsaturated/α-hetero) is 1. The Morgan fingerprint density at radius 2 is 2.00 bits per heavy atom. The molecule has 1 aliphatic carbocycles. The summed E-state index contributed by atoms with van der Waals surface area (Å²) in [5, 5.41) is 3.19. The first-order valence-corrected chi connectivity index (χ1v) is 10.5. The Morgan fingerprint density at radius 3 is 2.52 bits per heavy atom. The number of rotatable bonds is 7. The normalized spacial score (nSPS) is 24.2. The van der Waals surface area contributed by atoms with E-state index in [1.165, 1.54) is 26.4 Å². The Bertz CT molecular complexity index is 975. The molecule has 0 saturated carbocycles. The molecule has 31 heavy (non-hydrogen) atoms. The molecule has 0 unspecified atom stereocenters. The Morgan fingerprint density at radius 1 is 1.35 bits per heavy atom. The van der Waals surface area contributed by atoms with Gasteiger partial charge in [0.1, 0.15) is 28.1 Å². The maximum atomic E-state index is 13.5. The average Bonchev–Trinajstić information content (AvgIpc) is 3.05. The van der Waals surface area contributed by atoms with Crippen molar-refractivity contribution in [1.82, 2.24) is 5.32 Å². The standard InChI is InChI=1S/C22H27ClN2O6/c1-6-10(2)18(21(24)28)25-12-7-11(3)22(15(26)8-12)20(27)16-13(29-4)9-14(30-5)17(23)19(16)31-22/h8-11,18,25H,6-7H2,1-5H3,(H2,24,28)/t10-,11+,18-,22-/m0/s1. The molecule has 1 aliphatic heterocycles. The highest BCUT2D eigenvalue weighted by Gasteiger charge is 2.60. The molecule has 1 aromatic carbocycles. The van der Waals surface area contributed by atoms with Gasteiger partial charge in [-0.1, -0.05) is 38.8 Å². The molecular weight excluding hydrogens is 424 g/mol. The number of allylic oxidation sites excluding steroid dienone is 1. The topological polar surface area (TPSA) is 117 Å². The second-order valence-electron chi connectivity index (χ2n) is 8.01. The van der Waals surface area contributed by atoms with Gasteiger partial charge in [-0.2, -0.15) is 0 Å². The van der Waals surface area contributed by atoms with Crippen molar-refractivity contribution < 1.29 is 28.6 Å². The minimum atomic E-state index is -1.75. The number of carbonyl (C=O) groups excluding carboxylic acids is 3. The van der Waals surface area contributed by atoms with Crippen LogP contribution in [0.3, 0.4) is 0 Å². The van der Waals surface area contributed by atoms with Gasteiger partial charge in [0.2, 0.25) is 23.1 Å². The van der Waals surface area contributed by atoms with Gasteiger partial charge in [0.15, 0.2) is 5.75 Å². The molecular formula is C22H27ClN2O6. The lowest BCUT2D eigenvalue weighted by Gasteiger charge is -2.36. The van der Waals surface area contributed by atoms with Crippen LogP contribution in [0.4, 0.5) is 0 Å². The Labute approximate surface area is 186 Å². The molecule has 1 heterocycles. The number of ketones is 2. The average molecular weight is 451 g/mol. The molecule has 3 N–H and O–H groups in total. The first kappa shape index (κ1) is 22.9. The molecule has 1 aromatic rings. The lowest BCUT2D eigenvalue weighted by atomic mass is 9.74. The van der Waals surface area contributed by atoms with Crippen molar-refractivity contribution >= 4 is 29.1 Å². The number of fused-ring (bicyclic) bond motifs is 1. The molecule has 1 amide bonds. The lowest BCUT2D eigenvalue weighted by molar-refractivity contribution is -0.129. The second-order valence-corrected chi connectivity index (χ2v) is 8.39. The number of halogens is 1. The number of nitrogens with one attached hydrogen (secondary N) is 1. The zero-order valence-corrected chi connectivity index (χ0v) is 19.0. The number of carbonyl (C=O) groups is 3. The molecule has 3 rings (SSSR count). The van der Waals surface area contributed by atoms with Crippen LogP contribution in [-0.4, -0.2) is 43.3 Å². The van der Waals surface area contributed by atoms with Crippen LogP contribution < -0.4 is 25.3 Å². The first-order chi connectivity index (χ1) is 14.6. The van der Waals surface area contributed by atoms with Crippen LogP contribution in [0.2, 0.25) is 5.02 Å². The number of hydrogen-bond donors (Lipinski definition) is 2. The van der Waals surface area contributed by atoms with Crippen LogP contribution >= 0.6 is 11.6 Å². The third kappa shape index (κ3) is 3.52. The van der Waals surface area contributed by atoms with Crippen molar-refractivity contribution in [3.05, 3.63) is 28.4 Å². The molecule has 0 saturated heterocycles. The monoisotopic (exact) mass is 450 g/mol. The molecule has 9 heteroatoms. The summed E-state index contributed by atoms with van der Waals surface area (Å²) in [7, 11) is 2.84. The third-order valence-electron chi connectivity index (χ3n) is 6.17. The van der Waals surface area contributed by atoms with Crippen LogP contribution in [-0.2, 0) is 9.59 Å². The molecule has 0 aromatic heterocycles. The summed E-state index contributed by atoms with van der Waals surface area (Å²) in [4.78, 5) is 38.6. The predicted molar refractivity (Wildman–Crippen MR) is 115 cm³/mol. The predicted octanol–water partition coefficient (Wildman–Crippen LogP) is 2.65. The minimum Gasteiger partial charge on any atom is -0.496 e. The largest absolute Gasteiger partial charge is 0.496 e. The fraction of sp³-hybridized carbons (Fsp3) is 0.500. The van der Waals surface area contributed by atoms with Gasteiger partial charge in [-0.3, -0.25) is 14.4 Å². The molecule has 2 aliphatic rings.